The largest absolute Gasteiger partial charge is 0.370 e. The summed E-state index contributed by atoms with van der Waals surface area (Å²) in [5.74, 6) is 2.81. The van der Waals surface area contributed by atoms with Gasteiger partial charge in [-0.15, -0.1) is 0 Å². The first-order valence-corrected chi connectivity index (χ1v) is 8.57. The molecule has 1 heterocycles. The summed E-state index contributed by atoms with van der Waals surface area (Å²) < 4.78 is 0. The van der Waals surface area contributed by atoms with Crippen molar-refractivity contribution in [2.45, 2.75) is 78.7 Å². The molecule has 1 rings (SSSR count). The van der Waals surface area contributed by atoms with E-state index in [9.17, 15) is 0 Å². The van der Waals surface area contributed by atoms with Crippen LogP contribution in [-0.4, -0.2) is 22.6 Å². The number of anilines is 2. The Kier molecular flexibility index (Phi) is 8.79. The molecular formula is C17H32N4. The van der Waals surface area contributed by atoms with Crippen molar-refractivity contribution in [1.29, 1.82) is 0 Å². The minimum absolute atomic E-state index is 0.459. The van der Waals surface area contributed by atoms with Gasteiger partial charge in [0.25, 0.3) is 0 Å². The van der Waals surface area contributed by atoms with Crippen LogP contribution in [0.1, 0.15) is 72.0 Å². The van der Waals surface area contributed by atoms with Gasteiger partial charge >= 0.3 is 0 Å². The van der Waals surface area contributed by atoms with Crippen molar-refractivity contribution in [1.82, 2.24) is 9.97 Å². The summed E-state index contributed by atoms with van der Waals surface area (Å²) in [6.07, 6.45) is 8.45. The van der Waals surface area contributed by atoms with E-state index in [2.05, 4.69) is 48.3 Å². The minimum atomic E-state index is 0.459. The number of hydrogen-bond acceptors (Lipinski definition) is 4. The number of nitrogens with zero attached hydrogens (tertiary/aromatic N) is 2. The molecule has 1 atom stereocenters. The summed E-state index contributed by atoms with van der Waals surface area (Å²) in [5.41, 5.74) is 0. The van der Waals surface area contributed by atoms with Gasteiger partial charge in [-0.1, -0.05) is 39.5 Å². The van der Waals surface area contributed by atoms with Gasteiger partial charge in [0.05, 0.1) is 0 Å². The first-order chi connectivity index (χ1) is 10.2. The van der Waals surface area contributed by atoms with Gasteiger partial charge in [0.2, 0.25) is 0 Å². The molecule has 0 fully saturated rings. The molecule has 1 aromatic rings. The van der Waals surface area contributed by atoms with E-state index in [0.29, 0.717) is 6.04 Å². The van der Waals surface area contributed by atoms with Crippen molar-refractivity contribution >= 4 is 11.6 Å². The molecule has 0 bridgehead atoms. The smallest absolute Gasteiger partial charge is 0.133 e. The Morgan fingerprint density at radius 2 is 1.76 bits per heavy atom. The lowest BCUT2D eigenvalue weighted by Gasteiger charge is -2.16. The number of nitrogens with one attached hydrogen (secondary N) is 2. The summed E-state index contributed by atoms with van der Waals surface area (Å²) in [6, 6.07) is 2.48. The molecule has 2 N–H and O–H groups in total. The summed E-state index contributed by atoms with van der Waals surface area (Å²) >= 11 is 0. The van der Waals surface area contributed by atoms with Gasteiger partial charge in [-0.3, -0.25) is 0 Å². The Hall–Kier alpha value is -1.32. The van der Waals surface area contributed by atoms with Gasteiger partial charge in [-0.2, -0.15) is 0 Å². The number of hydrogen-bond donors (Lipinski definition) is 2. The number of rotatable bonds is 11. The van der Waals surface area contributed by atoms with Crippen LogP contribution in [0.25, 0.3) is 0 Å². The fourth-order valence-corrected chi connectivity index (χ4v) is 2.38. The minimum Gasteiger partial charge on any atom is -0.370 e. The van der Waals surface area contributed by atoms with Crippen LogP contribution in [0, 0.1) is 0 Å². The predicted molar refractivity (Wildman–Crippen MR) is 92.0 cm³/mol. The molecule has 4 nitrogen and oxygen atoms in total. The van der Waals surface area contributed by atoms with Crippen LogP contribution in [0.15, 0.2) is 6.07 Å². The van der Waals surface area contributed by atoms with Gasteiger partial charge in [0.1, 0.15) is 17.5 Å². The van der Waals surface area contributed by atoms with Crippen LogP contribution in [0.3, 0.4) is 0 Å². The van der Waals surface area contributed by atoms with Crippen molar-refractivity contribution in [3.05, 3.63) is 11.9 Å². The highest BCUT2D eigenvalue weighted by Crippen LogP contribution is 2.15. The SMILES string of the molecule is CCCCCCC(C)Nc1cc(NCC)nc(CCC)n1. The molecular weight excluding hydrogens is 260 g/mol. The number of aryl methyl sites for hydroxylation is 1. The lowest BCUT2D eigenvalue weighted by atomic mass is 10.1. The third-order valence-corrected chi connectivity index (χ3v) is 3.49. The van der Waals surface area contributed by atoms with Gasteiger partial charge < -0.3 is 10.6 Å². The van der Waals surface area contributed by atoms with Gasteiger partial charge in [-0.05, 0) is 26.7 Å². The maximum atomic E-state index is 4.63. The number of aromatic nitrogens is 2. The first-order valence-electron chi connectivity index (χ1n) is 8.57. The second-order valence-electron chi connectivity index (χ2n) is 5.73. The Bertz CT molecular complexity index is 368. The Balaban J connectivity index is 2.58. The highest BCUT2D eigenvalue weighted by molar-refractivity contribution is 5.48. The van der Waals surface area contributed by atoms with Gasteiger partial charge in [-0.25, -0.2) is 9.97 Å². The van der Waals surface area contributed by atoms with E-state index in [-0.39, 0.29) is 0 Å². The van der Waals surface area contributed by atoms with E-state index < -0.39 is 0 Å². The van der Waals surface area contributed by atoms with E-state index >= 15 is 0 Å². The highest BCUT2D eigenvalue weighted by Gasteiger charge is 2.07. The third kappa shape index (κ3) is 7.30. The van der Waals surface area contributed by atoms with E-state index in [1.807, 2.05) is 6.07 Å². The van der Waals surface area contributed by atoms with Crippen molar-refractivity contribution in [3.8, 4) is 0 Å². The van der Waals surface area contributed by atoms with Crippen LogP contribution in [0.2, 0.25) is 0 Å². The van der Waals surface area contributed by atoms with Crippen LogP contribution in [0.5, 0.6) is 0 Å². The standard InChI is InChI=1S/C17H32N4/c1-5-8-9-10-12-14(4)19-17-13-16(18-7-3)20-15(21-17)11-6-2/h13-14H,5-12H2,1-4H3,(H2,18,19,20,21). The second kappa shape index (κ2) is 10.4. The Morgan fingerprint density at radius 3 is 2.43 bits per heavy atom. The summed E-state index contributed by atoms with van der Waals surface area (Å²) in [7, 11) is 0. The zero-order valence-corrected chi connectivity index (χ0v) is 14.2. The quantitative estimate of drug-likeness (QED) is 0.584. The molecule has 0 aliphatic heterocycles. The highest BCUT2D eigenvalue weighted by atomic mass is 15.1. The lowest BCUT2D eigenvalue weighted by molar-refractivity contribution is 0.592. The fourth-order valence-electron chi connectivity index (χ4n) is 2.38. The average Bonchev–Trinajstić information content (AvgIpc) is 2.44. The fraction of sp³-hybridized carbons (Fsp3) is 0.765. The second-order valence-corrected chi connectivity index (χ2v) is 5.73. The Labute approximate surface area is 130 Å². The molecule has 0 spiro atoms. The molecule has 4 heteroatoms. The molecule has 21 heavy (non-hydrogen) atoms. The maximum absolute atomic E-state index is 4.63. The van der Waals surface area contributed by atoms with Crippen LogP contribution >= 0.6 is 0 Å². The normalized spacial score (nSPS) is 12.2. The van der Waals surface area contributed by atoms with E-state index in [0.717, 1.165) is 36.8 Å². The van der Waals surface area contributed by atoms with E-state index in [1.54, 1.807) is 0 Å². The molecule has 1 aromatic heterocycles. The van der Waals surface area contributed by atoms with E-state index in [4.69, 9.17) is 0 Å². The third-order valence-electron chi connectivity index (χ3n) is 3.49. The zero-order chi connectivity index (χ0) is 15.5. The van der Waals surface area contributed by atoms with Crippen LogP contribution in [-0.2, 0) is 6.42 Å². The summed E-state index contributed by atoms with van der Waals surface area (Å²) in [5, 5.41) is 6.81. The molecule has 0 radical (unpaired) electrons. The first kappa shape index (κ1) is 17.7. The molecule has 0 saturated heterocycles. The average molecular weight is 292 g/mol. The molecule has 0 amide bonds. The molecule has 120 valence electrons. The molecule has 0 aromatic carbocycles. The molecule has 0 aliphatic rings. The predicted octanol–water partition coefficient (Wildman–Crippen LogP) is 4.63. The maximum Gasteiger partial charge on any atom is 0.133 e. The van der Waals surface area contributed by atoms with Gasteiger partial charge in [0.15, 0.2) is 0 Å². The molecule has 0 aliphatic carbocycles. The van der Waals surface area contributed by atoms with Crippen molar-refractivity contribution < 1.29 is 0 Å². The van der Waals surface area contributed by atoms with Crippen LogP contribution < -0.4 is 10.6 Å². The topological polar surface area (TPSA) is 49.8 Å². The zero-order valence-electron chi connectivity index (χ0n) is 14.2. The van der Waals surface area contributed by atoms with Crippen molar-refractivity contribution in [2.75, 3.05) is 17.2 Å². The monoisotopic (exact) mass is 292 g/mol. The van der Waals surface area contributed by atoms with Crippen molar-refractivity contribution in [3.63, 3.8) is 0 Å². The molecule has 0 saturated carbocycles. The Morgan fingerprint density at radius 1 is 1.00 bits per heavy atom. The van der Waals surface area contributed by atoms with E-state index in [1.165, 1.54) is 32.1 Å². The summed E-state index contributed by atoms with van der Waals surface area (Å²) in [6.45, 7) is 9.62. The van der Waals surface area contributed by atoms with Crippen molar-refractivity contribution in [2.24, 2.45) is 0 Å². The van der Waals surface area contributed by atoms with Crippen LogP contribution in [0.4, 0.5) is 11.6 Å². The van der Waals surface area contributed by atoms with Gasteiger partial charge in [0, 0.05) is 25.1 Å². The number of unbranched alkanes of at least 4 members (excludes halogenated alkanes) is 3. The lowest BCUT2D eigenvalue weighted by Crippen LogP contribution is -2.17. The summed E-state index contributed by atoms with van der Waals surface area (Å²) in [4.78, 5) is 9.17. The molecule has 1 unspecified atom stereocenters.